The molecule has 0 saturated carbocycles. The smallest absolute Gasteiger partial charge is 0.364 e. The number of aliphatic hydroxyl groups excluding tert-OH is 1. The van der Waals surface area contributed by atoms with Crippen LogP contribution in [0.4, 0.5) is 0 Å². The van der Waals surface area contributed by atoms with Gasteiger partial charge in [-0.05, 0) is 0 Å². The van der Waals surface area contributed by atoms with Crippen molar-refractivity contribution in [3.63, 3.8) is 0 Å². The Kier molecular flexibility index (Phi) is 4.51. The summed E-state index contributed by atoms with van der Waals surface area (Å²) < 4.78 is 3.59. The van der Waals surface area contributed by atoms with E-state index in [0.29, 0.717) is 0 Å². The van der Waals surface area contributed by atoms with E-state index in [-0.39, 0.29) is 6.54 Å². The van der Waals surface area contributed by atoms with E-state index >= 15 is 0 Å². The monoisotopic (exact) mass is 182 g/mol. The van der Waals surface area contributed by atoms with Crippen LogP contribution in [0.2, 0.25) is 0 Å². The first-order chi connectivity index (χ1) is 5.11. The Hall–Kier alpha value is -0.850. The molecule has 1 atom stereocenters. The minimum Gasteiger partial charge on any atom is -0.364 e. The van der Waals surface area contributed by atoms with Crippen LogP contribution in [-0.2, 0) is 13.9 Å². The molecule has 0 heterocycles. The number of halogens is 1. The van der Waals surface area contributed by atoms with Gasteiger partial charge >= 0.3 is 5.97 Å². The van der Waals surface area contributed by atoms with Crippen molar-refractivity contribution in [3.8, 4) is 0 Å². The number of amides is 1. The quantitative estimate of drug-likeness (QED) is 0.442. The normalized spacial score (nSPS) is 11.9. The minimum absolute atomic E-state index is 0.327. The van der Waals surface area contributed by atoms with Crippen LogP contribution in [0.5, 0.6) is 0 Å². The van der Waals surface area contributed by atoms with Crippen molar-refractivity contribution in [2.45, 2.75) is 6.23 Å². The maximum atomic E-state index is 10.4. The highest BCUT2D eigenvalue weighted by atomic mass is 35.5. The third-order valence-corrected chi connectivity index (χ3v) is 0.934. The van der Waals surface area contributed by atoms with Gasteiger partial charge < -0.3 is 20.4 Å². The lowest BCUT2D eigenvalue weighted by atomic mass is 10.5. The van der Waals surface area contributed by atoms with Crippen LogP contribution in [0.3, 0.4) is 0 Å². The van der Waals surface area contributed by atoms with Gasteiger partial charge in [0.15, 0.2) is 0 Å². The molecule has 6 nitrogen and oxygen atoms in total. The molecule has 0 rings (SSSR count). The zero-order chi connectivity index (χ0) is 8.85. The van der Waals surface area contributed by atoms with Gasteiger partial charge in [0.2, 0.25) is 12.1 Å². The molecule has 0 aromatic carbocycles. The highest BCUT2D eigenvalue weighted by molar-refractivity contribution is 6.13. The summed E-state index contributed by atoms with van der Waals surface area (Å²) in [5.41, 5.74) is 4.85. The zero-order valence-electron chi connectivity index (χ0n) is 5.41. The molecule has 0 aliphatic heterocycles. The zero-order valence-corrected chi connectivity index (χ0v) is 6.17. The van der Waals surface area contributed by atoms with Gasteiger partial charge in [0.25, 0.3) is 0 Å². The second-order valence-electron chi connectivity index (χ2n) is 1.57. The van der Waals surface area contributed by atoms with E-state index in [2.05, 4.69) is 16.2 Å². The van der Waals surface area contributed by atoms with Crippen molar-refractivity contribution < 1.29 is 19.0 Å². The van der Waals surface area contributed by atoms with Gasteiger partial charge in [0, 0.05) is 0 Å². The molecule has 1 amide bonds. The molecule has 0 aromatic heterocycles. The number of hydrogen-bond acceptors (Lipinski definition) is 5. The average Bonchev–Trinajstić information content (AvgIpc) is 2.02. The van der Waals surface area contributed by atoms with E-state index in [1.807, 2.05) is 5.32 Å². The molecule has 11 heavy (non-hydrogen) atoms. The molecular weight excluding hydrogens is 176 g/mol. The van der Waals surface area contributed by atoms with E-state index in [1.165, 1.54) is 0 Å². The highest BCUT2D eigenvalue weighted by Crippen LogP contribution is 1.86. The average molecular weight is 183 g/mol. The Labute approximate surface area is 67.4 Å². The maximum absolute atomic E-state index is 10.4. The summed E-state index contributed by atoms with van der Waals surface area (Å²) in [6.07, 6.45) is -1.76. The summed E-state index contributed by atoms with van der Waals surface area (Å²) >= 11 is 4.58. The Bertz CT molecular complexity index is 162. The van der Waals surface area contributed by atoms with Gasteiger partial charge in [0.05, 0.1) is 6.54 Å². The van der Waals surface area contributed by atoms with E-state index in [0.717, 1.165) is 0 Å². The first-order valence-electron chi connectivity index (χ1n) is 2.61. The summed E-state index contributed by atoms with van der Waals surface area (Å²) in [5.74, 6) is -1.84. The molecular formula is C4H7ClN2O4. The Morgan fingerprint density at radius 1 is 1.73 bits per heavy atom. The molecule has 0 aliphatic rings. The van der Waals surface area contributed by atoms with Gasteiger partial charge in [0.1, 0.15) is 11.9 Å². The second-order valence-corrected chi connectivity index (χ2v) is 1.72. The van der Waals surface area contributed by atoms with Crippen LogP contribution < -0.4 is 11.1 Å². The number of carbonyl (C=O) groups is 2. The van der Waals surface area contributed by atoms with Crippen LogP contribution in [0.15, 0.2) is 0 Å². The van der Waals surface area contributed by atoms with E-state index in [1.54, 1.807) is 0 Å². The van der Waals surface area contributed by atoms with Gasteiger partial charge in [-0.2, -0.15) is 0 Å². The van der Waals surface area contributed by atoms with Crippen LogP contribution in [-0.4, -0.2) is 29.8 Å². The second kappa shape index (κ2) is 4.89. The number of aliphatic hydroxyl groups is 1. The number of rotatable bonds is 3. The molecule has 0 radical (unpaired) electrons. The Morgan fingerprint density at radius 2 is 2.27 bits per heavy atom. The molecule has 0 aliphatic carbocycles. The lowest BCUT2D eigenvalue weighted by Crippen LogP contribution is -2.43. The largest absolute Gasteiger partial charge is 0.374 e. The number of nitrogens with two attached hydrogens (primary N) is 1. The van der Waals surface area contributed by atoms with Crippen molar-refractivity contribution in [3.05, 3.63) is 0 Å². The molecule has 0 spiro atoms. The molecule has 0 saturated heterocycles. The molecule has 7 heteroatoms. The lowest BCUT2D eigenvalue weighted by Gasteiger charge is -2.06. The molecule has 4 N–H and O–H groups in total. The fraction of sp³-hybridized carbons (Fsp3) is 0.500. The Morgan fingerprint density at radius 3 is 2.64 bits per heavy atom. The van der Waals surface area contributed by atoms with Crippen molar-refractivity contribution in [1.29, 1.82) is 0 Å². The third-order valence-electron chi connectivity index (χ3n) is 0.782. The number of hydrogen-bond donors (Lipinski definition) is 3. The van der Waals surface area contributed by atoms with Crippen LogP contribution in [0.25, 0.3) is 0 Å². The highest BCUT2D eigenvalue weighted by Gasteiger charge is 2.17. The van der Waals surface area contributed by atoms with E-state index in [4.69, 9.17) is 10.8 Å². The minimum atomic E-state index is -1.76. The summed E-state index contributed by atoms with van der Waals surface area (Å²) in [6, 6.07) is 0. The summed E-state index contributed by atoms with van der Waals surface area (Å²) in [6.45, 7) is -0.327. The third kappa shape index (κ3) is 3.76. The molecule has 0 fully saturated rings. The van der Waals surface area contributed by atoms with E-state index < -0.39 is 18.1 Å². The van der Waals surface area contributed by atoms with Gasteiger partial charge in [-0.1, -0.05) is 0 Å². The maximum Gasteiger partial charge on any atom is 0.374 e. The summed E-state index contributed by atoms with van der Waals surface area (Å²) in [7, 11) is 0. The van der Waals surface area contributed by atoms with Crippen molar-refractivity contribution in [2.75, 3.05) is 6.54 Å². The molecule has 0 aromatic rings. The lowest BCUT2D eigenvalue weighted by molar-refractivity contribution is -0.148. The van der Waals surface area contributed by atoms with Crippen molar-refractivity contribution in [2.24, 2.45) is 5.73 Å². The van der Waals surface area contributed by atoms with Crippen LogP contribution in [0.1, 0.15) is 0 Å². The predicted molar refractivity (Wildman–Crippen MR) is 35.1 cm³/mol. The van der Waals surface area contributed by atoms with E-state index in [9.17, 15) is 9.59 Å². The van der Waals surface area contributed by atoms with Gasteiger partial charge in [-0.15, -0.1) is 0 Å². The SMILES string of the molecule is NCC(=O)NC(O)C(=O)OCl. The number of carbonyl (C=O) groups excluding carboxylic acids is 2. The fourth-order valence-electron chi connectivity index (χ4n) is 0.313. The number of nitrogens with one attached hydrogen (secondary N) is 1. The molecule has 0 bridgehead atoms. The van der Waals surface area contributed by atoms with Crippen molar-refractivity contribution in [1.82, 2.24) is 5.32 Å². The van der Waals surface area contributed by atoms with Crippen LogP contribution in [0, 0.1) is 0 Å². The topological polar surface area (TPSA) is 102 Å². The van der Waals surface area contributed by atoms with Crippen LogP contribution >= 0.6 is 11.9 Å². The van der Waals surface area contributed by atoms with Gasteiger partial charge in [-0.3, -0.25) is 4.79 Å². The summed E-state index contributed by atoms with van der Waals surface area (Å²) in [4.78, 5) is 20.7. The summed E-state index contributed by atoms with van der Waals surface area (Å²) in [5, 5.41) is 10.5. The fourth-order valence-corrected chi connectivity index (χ4v) is 0.397. The first kappa shape index (κ1) is 10.2. The van der Waals surface area contributed by atoms with Gasteiger partial charge in [-0.25, -0.2) is 4.79 Å². The predicted octanol–water partition coefficient (Wildman–Crippen LogP) is -1.92. The Balaban J connectivity index is 3.77. The standard InChI is InChI=1S/C4H7ClN2O4/c5-11-4(10)3(9)7-2(8)1-6/h3,9H,1,6H2,(H,7,8). The molecule has 64 valence electrons. The first-order valence-corrected chi connectivity index (χ1v) is 2.92. The molecule has 1 unspecified atom stereocenters. The van der Waals surface area contributed by atoms with Crippen molar-refractivity contribution >= 4 is 23.7 Å².